The average molecular weight is 548 g/mol. The first-order chi connectivity index (χ1) is 18.9. The number of carbonyl (C=O) groups excluding carboxylic acids is 3. The van der Waals surface area contributed by atoms with E-state index in [1.165, 1.54) is 0 Å². The number of hydrogen-bond donors (Lipinski definition) is 1. The Labute approximate surface area is 232 Å². The van der Waals surface area contributed by atoms with Gasteiger partial charge in [-0.2, -0.15) is 0 Å². The Morgan fingerprint density at radius 1 is 0.949 bits per heavy atom. The molecule has 202 valence electrons. The van der Waals surface area contributed by atoms with E-state index < -0.39 is 11.8 Å². The lowest BCUT2D eigenvalue weighted by molar-refractivity contribution is -0.128. The average Bonchev–Trinajstić information content (AvgIpc) is 3.34. The van der Waals surface area contributed by atoms with Crippen LogP contribution in [0.15, 0.2) is 78.9 Å². The number of carbonyl (C=O) groups is 3. The molecule has 1 spiro atoms. The molecule has 1 atom stereocenters. The molecule has 0 radical (unpaired) electrons. The van der Waals surface area contributed by atoms with Crippen molar-refractivity contribution in [2.45, 2.75) is 31.2 Å². The van der Waals surface area contributed by atoms with E-state index in [1.807, 2.05) is 30.3 Å². The molecule has 2 aliphatic rings. The Morgan fingerprint density at radius 3 is 2.33 bits per heavy atom. The number of benzene rings is 3. The van der Waals surface area contributed by atoms with Crippen LogP contribution in [0.1, 0.15) is 39.1 Å². The number of nitrogens with zero attached hydrogens (tertiary/aromatic N) is 2. The second kappa shape index (κ2) is 11.5. The van der Waals surface area contributed by atoms with Gasteiger partial charge < -0.3 is 19.7 Å². The molecule has 1 N–H and O–H groups in total. The van der Waals surface area contributed by atoms with Crippen molar-refractivity contribution in [2.75, 3.05) is 26.8 Å². The molecule has 5 rings (SSSR count). The lowest BCUT2D eigenvalue weighted by atomic mass is 9.96. The van der Waals surface area contributed by atoms with E-state index in [2.05, 4.69) is 5.32 Å². The highest BCUT2D eigenvalue weighted by molar-refractivity contribution is 6.30. The van der Waals surface area contributed by atoms with Gasteiger partial charge >= 0.3 is 0 Å². The van der Waals surface area contributed by atoms with Gasteiger partial charge in [0.05, 0.1) is 13.7 Å². The molecule has 0 aliphatic carbocycles. The van der Waals surface area contributed by atoms with E-state index in [9.17, 15) is 14.4 Å². The minimum Gasteiger partial charge on any atom is -0.497 e. The fourth-order valence-corrected chi connectivity index (χ4v) is 5.40. The molecular formula is C30H30ClN3O5. The summed E-state index contributed by atoms with van der Waals surface area (Å²) in [6, 6.07) is 22.4. The zero-order valence-electron chi connectivity index (χ0n) is 21.6. The van der Waals surface area contributed by atoms with E-state index in [0.29, 0.717) is 54.4 Å². The first-order valence-corrected chi connectivity index (χ1v) is 13.3. The smallest absolute Gasteiger partial charge is 0.256 e. The first kappa shape index (κ1) is 26.7. The lowest BCUT2D eigenvalue weighted by Crippen LogP contribution is -2.59. The van der Waals surface area contributed by atoms with Gasteiger partial charge in [-0.25, -0.2) is 0 Å². The summed E-state index contributed by atoms with van der Waals surface area (Å²) >= 11 is 6.09. The number of nitrogens with one attached hydrogen (secondary N) is 1. The summed E-state index contributed by atoms with van der Waals surface area (Å²) in [4.78, 5) is 43.7. The number of ether oxygens (including phenoxy) is 2. The summed E-state index contributed by atoms with van der Waals surface area (Å²) in [5, 5.41) is 3.46. The Morgan fingerprint density at radius 2 is 1.67 bits per heavy atom. The molecule has 0 saturated carbocycles. The number of hydrogen-bond acceptors (Lipinski definition) is 5. The summed E-state index contributed by atoms with van der Waals surface area (Å²) < 4.78 is 11.5. The SMILES string of the molecule is COc1ccc(C(=O)N2[C@@H](C(=O)NCc3ccccc3)COC23CCN(C(=O)c2cccc(Cl)c2)CC3)cc1. The third kappa shape index (κ3) is 5.62. The molecule has 2 saturated heterocycles. The Hall–Kier alpha value is -3.88. The van der Waals surface area contributed by atoms with Gasteiger partial charge in [0.15, 0.2) is 0 Å². The van der Waals surface area contributed by atoms with Gasteiger partial charge in [-0.15, -0.1) is 0 Å². The van der Waals surface area contributed by atoms with Crippen LogP contribution in [0.4, 0.5) is 0 Å². The molecule has 8 nitrogen and oxygen atoms in total. The predicted octanol–water partition coefficient (Wildman–Crippen LogP) is 4.14. The van der Waals surface area contributed by atoms with Crippen LogP contribution in [0.2, 0.25) is 5.02 Å². The number of piperidine rings is 1. The van der Waals surface area contributed by atoms with E-state index in [-0.39, 0.29) is 24.3 Å². The van der Waals surface area contributed by atoms with Crippen molar-refractivity contribution in [2.24, 2.45) is 0 Å². The van der Waals surface area contributed by atoms with E-state index in [4.69, 9.17) is 21.1 Å². The zero-order valence-corrected chi connectivity index (χ0v) is 22.4. The molecule has 3 aromatic rings. The number of methoxy groups -OCH3 is 1. The third-order valence-corrected chi connectivity index (χ3v) is 7.57. The van der Waals surface area contributed by atoms with Crippen molar-refractivity contribution in [3.05, 3.63) is 101 Å². The molecule has 2 fully saturated rings. The van der Waals surface area contributed by atoms with Gasteiger partial charge in [0.25, 0.3) is 11.8 Å². The van der Waals surface area contributed by atoms with Gasteiger partial charge in [0.1, 0.15) is 17.5 Å². The summed E-state index contributed by atoms with van der Waals surface area (Å²) in [6.45, 7) is 1.16. The fourth-order valence-electron chi connectivity index (χ4n) is 5.21. The summed E-state index contributed by atoms with van der Waals surface area (Å²) in [6.07, 6.45) is 0.757. The van der Waals surface area contributed by atoms with Crippen molar-refractivity contribution in [1.82, 2.24) is 15.1 Å². The molecule has 0 unspecified atom stereocenters. The van der Waals surface area contributed by atoms with Crippen molar-refractivity contribution in [3.63, 3.8) is 0 Å². The molecule has 3 amide bonds. The first-order valence-electron chi connectivity index (χ1n) is 12.9. The van der Waals surface area contributed by atoms with Crippen molar-refractivity contribution >= 4 is 29.3 Å². The van der Waals surface area contributed by atoms with Crippen LogP contribution in [0.25, 0.3) is 0 Å². The van der Waals surface area contributed by atoms with E-state index in [1.54, 1.807) is 65.4 Å². The van der Waals surface area contributed by atoms with Crippen LogP contribution in [-0.2, 0) is 16.1 Å². The van der Waals surface area contributed by atoms with E-state index in [0.717, 1.165) is 5.56 Å². The normalized spacial score (nSPS) is 18.2. The molecule has 0 bridgehead atoms. The molecule has 9 heteroatoms. The van der Waals surface area contributed by atoms with E-state index >= 15 is 0 Å². The highest BCUT2D eigenvalue weighted by Gasteiger charge is 2.54. The molecule has 2 heterocycles. The lowest BCUT2D eigenvalue weighted by Gasteiger charge is -2.44. The Kier molecular flexibility index (Phi) is 7.86. The second-order valence-corrected chi connectivity index (χ2v) is 10.1. The molecular weight excluding hydrogens is 518 g/mol. The zero-order chi connectivity index (χ0) is 27.4. The van der Waals surface area contributed by atoms with Crippen LogP contribution in [0, 0.1) is 0 Å². The second-order valence-electron chi connectivity index (χ2n) is 9.68. The number of likely N-dealkylation sites (tertiary alicyclic amines) is 1. The molecule has 39 heavy (non-hydrogen) atoms. The number of amides is 3. The molecule has 0 aromatic heterocycles. The monoisotopic (exact) mass is 547 g/mol. The van der Waals surface area contributed by atoms with Gasteiger partial charge in [-0.3, -0.25) is 19.3 Å². The summed E-state index contributed by atoms with van der Waals surface area (Å²) in [7, 11) is 1.56. The van der Waals surface area contributed by atoms with Crippen LogP contribution in [0.5, 0.6) is 5.75 Å². The maximum Gasteiger partial charge on any atom is 0.256 e. The quantitative estimate of drug-likeness (QED) is 0.501. The van der Waals surface area contributed by atoms with Crippen LogP contribution in [-0.4, -0.2) is 66.1 Å². The predicted molar refractivity (Wildman–Crippen MR) is 147 cm³/mol. The molecule has 2 aliphatic heterocycles. The summed E-state index contributed by atoms with van der Waals surface area (Å²) in [5.74, 6) is -0.0842. The van der Waals surface area contributed by atoms with Crippen molar-refractivity contribution in [3.8, 4) is 5.75 Å². The number of rotatable bonds is 6. The molecule has 3 aromatic carbocycles. The van der Waals surface area contributed by atoms with Gasteiger partial charge in [-0.1, -0.05) is 48.0 Å². The fraction of sp³-hybridized carbons (Fsp3) is 0.300. The Bertz CT molecular complexity index is 1340. The van der Waals surface area contributed by atoms with Crippen molar-refractivity contribution < 1.29 is 23.9 Å². The van der Waals surface area contributed by atoms with Gasteiger partial charge in [0, 0.05) is 48.6 Å². The maximum absolute atomic E-state index is 13.9. The Balaban J connectivity index is 1.36. The summed E-state index contributed by atoms with van der Waals surface area (Å²) in [5.41, 5.74) is 0.895. The van der Waals surface area contributed by atoms with Crippen LogP contribution < -0.4 is 10.1 Å². The highest BCUT2D eigenvalue weighted by Crippen LogP contribution is 2.39. The van der Waals surface area contributed by atoms with Gasteiger partial charge in [0.2, 0.25) is 5.91 Å². The number of halogens is 1. The standard InChI is InChI=1S/C30H30ClN3O5/c1-38-25-12-10-22(11-13-25)29(37)34-26(27(35)32-19-21-6-3-2-4-7-21)20-39-30(34)14-16-33(17-15-30)28(36)23-8-5-9-24(31)18-23/h2-13,18,26H,14-17,19-20H2,1H3,(H,32,35)/t26-/m1/s1. The largest absolute Gasteiger partial charge is 0.497 e. The van der Waals surface area contributed by atoms with Crippen LogP contribution >= 0.6 is 11.6 Å². The maximum atomic E-state index is 13.9. The highest BCUT2D eigenvalue weighted by atomic mass is 35.5. The third-order valence-electron chi connectivity index (χ3n) is 7.33. The van der Waals surface area contributed by atoms with Crippen molar-refractivity contribution in [1.29, 1.82) is 0 Å². The van der Waals surface area contributed by atoms with Crippen LogP contribution in [0.3, 0.4) is 0 Å². The minimum absolute atomic E-state index is 0.0742. The van der Waals surface area contributed by atoms with Gasteiger partial charge in [-0.05, 0) is 48.0 Å². The topological polar surface area (TPSA) is 88.2 Å². The minimum atomic E-state index is -1.00.